The van der Waals surface area contributed by atoms with Gasteiger partial charge in [-0.1, -0.05) is 13.0 Å². The molecule has 7 heteroatoms. The van der Waals surface area contributed by atoms with Gasteiger partial charge in [0.05, 0.1) is 5.54 Å². The van der Waals surface area contributed by atoms with E-state index in [2.05, 4.69) is 4.72 Å². The number of aryl methyl sites for hydroxylation is 1. The van der Waals surface area contributed by atoms with Crippen molar-refractivity contribution < 1.29 is 17.9 Å². The van der Waals surface area contributed by atoms with Crippen LogP contribution in [0.2, 0.25) is 0 Å². The molecule has 1 aliphatic heterocycles. The summed E-state index contributed by atoms with van der Waals surface area (Å²) in [5, 5.41) is 0. The Balaban J connectivity index is 1.61. The van der Waals surface area contributed by atoms with Crippen molar-refractivity contribution in [3.63, 3.8) is 0 Å². The molecule has 0 bridgehead atoms. The van der Waals surface area contributed by atoms with Crippen molar-refractivity contribution in [2.24, 2.45) is 0 Å². The van der Waals surface area contributed by atoms with Crippen LogP contribution in [0, 0.1) is 0 Å². The Hall–Kier alpha value is -1.57. The van der Waals surface area contributed by atoms with Crippen molar-refractivity contribution in [3.8, 4) is 11.5 Å². The lowest BCUT2D eigenvalue weighted by atomic mass is 10.1. The van der Waals surface area contributed by atoms with E-state index in [0.717, 1.165) is 35.5 Å². The zero-order chi connectivity index (χ0) is 16.8. The second-order valence-electron chi connectivity index (χ2n) is 6.12. The molecule has 0 radical (unpaired) electrons. The fraction of sp³-hybridized carbons (Fsp3) is 0.412. The fourth-order valence-corrected chi connectivity index (χ4v) is 5.66. The van der Waals surface area contributed by atoms with Crippen molar-refractivity contribution in [2.75, 3.05) is 13.2 Å². The zero-order valence-electron chi connectivity index (χ0n) is 13.4. The van der Waals surface area contributed by atoms with Crippen molar-refractivity contribution in [2.45, 2.75) is 35.9 Å². The van der Waals surface area contributed by atoms with Crippen molar-refractivity contribution >= 4 is 21.4 Å². The van der Waals surface area contributed by atoms with Gasteiger partial charge in [-0.2, -0.15) is 4.72 Å². The number of hydrogen-bond acceptors (Lipinski definition) is 5. The van der Waals surface area contributed by atoms with Gasteiger partial charge >= 0.3 is 0 Å². The summed E-state index contributed by atoms with van der Waals surface area (Å²) in [4.78, 5) is 1.07. The molecule has 0 atom stereocenters. The number of thiophene rings is 1. The Bertz CT molecular complexity index is 868. The van der Waals surface area contributed by atoms with Crippen LogP contribution in [-0.2, 0) is 22.0 Å². The molecule has 0 saturated heterocycles. The quantitative estimate of drug-likeness (QED) is 0.884. The molecule has 1 aromatic heterocycles. The maximum absolute atomic E-state index is 12.7. The van der Waals surface area contributed by atoms with Crippen molar-refractivity contribution in [3.05, 3.63) is 40.8 Å². The zero-order valence-corrected chi connectivity index (χ0v) is 15.0. The molecule has 5 nitrogen and oxygen atoms in total. The first-order valence-electron chi connectivity index (χ1n) is 8.05. The number of hydrogen-bond donors (Lipinski definition) is 1. The SMILES string of the molecule is CCc1ccc(S(=O)(=O)NC2(c3ccc4c(c3)OCCO4)CC2)s1. The Morgan fingerprint density at radius 2 is 1.88 bits per heavy atom. The average Bonchev–Trinajstić information content (AvgIpc) is 3.18. The molecule has 1 saturated carbocycles. The molecule has 4 rings (SSSR count). The summed E-state index contributed by atoms with van der Waals surface area (Å²) in [5.74, 6) is 1.41. The molecule has 2 aliphatic rings. The minimum Gasteiger partial charge on any atom is -0.486 e. The summed E-state index contributed by atoms with van der Waals surface area (Å²) < 4.78 is 39.9. The van der Waals surface area contributed by atoms with Crippen LogP contribution in [0.15, 0.2) is 34.5 Å². The molecule has 1 aliphatic carbocycles. The lowest BCUT2D eigenvalue weighted by molar-refractivity contribution is 0.171. The van der Waals surface area contributed by atoms with E-state index in [0.29, 0.717) is 23.2 Å². The number of nitrogens with one attached hydrogen (secondary N) is 1. The predicted molar refractivity (Wildman–Crippen MR) is 92.4 cm³/mol. The van der Waals surface area contributed by atoms with Crippen LogP contribution < -0.4 is 14.2 Å². The van der Waals surface area contributed by atoms with Gasteiger partial charge in [0.2, 0.25) is 0 Å². The third kappa shape index (κ3) is 2.81. The smallest absolute Gasteiger partial charge is 0.250 e. The molecular formula is C17H19NO4S2. The highest BCUT2D eigenvalue weighted by Crippen LogP contribution is 2.49. The second kappa shape index (κ2) is 5.75. The molecule has 0 unspecified atom stereocenters. The number of benzene rings is 1. The third-order valence-electron chi connectivity index (χ3n) is 4.42. The first-order chi connectivity index (χ1) is 11.5. The number of fused-ring (bicyclic) bond motifs is 1. The second-order valence-corrected chi connectivity index (χ2v) is 9.20. The van der Waals surface area contributed by atoms with E-state index in [1.165, 1.54) is 11.3 Å². The third-order valence-corrected chi connectivity index (χ3v) is 7.68. The minimum absolute atomic E-state index is 0.378. The van der Waals surface area contributed by atoms with Gasteiger partial charge in [0.25, 0.3) is 10.0 Å². The highest BCUT2D eigenvalue weighted by molar-refractivity contribution is 7.91. The average molecular weight is 365 g/mol. The molecular weight excluding hydrogens is 346 g/mol. The molecule has 128 valence electrons. The van der Waals surface area contributed by atoms with E-state index in [4.69, 9.17) is 9.47 Å². The summed E-state index contributed by atoms with van der Waals surface area (Å²) in [7, 11) is -3.52. The van der Waals surface area contributed by atoms with Crippen molar-refractivity contribution in [1.29, 1.82) is 0 Å². The Kier molecular flexibility index (Phi) is 3.82. The van der Waals surface area contributed by atoms with E-state index in [-0.39, 0.29) is 0 Å². The maximum Gasteiger partial charge on any atom is 0.250 e. The van der Waals surface area contributed by atoms with Gasteiger partial charge in [-0.15, -0.1) is 11.3 Å². The van der Waals surface area contributed by atoms with Crippen LogP contribution in [0.1, 0.15) is 30.2 Å². The summed E-state index contributed by atoms with van der Waals surface area (Å²) in [6.45, 7) is 3.08. The van der Waals surface area contributed by atoms with E-state index < -0.39 is 15.6 Å². The van der Waals surface area contributed by atoms with Gasteiger partial charge in [0.1, 0.15) is 17.4 Å². The van der Waals surface area contributed by atoms with Crippen LogP contribution in [0.5, 0.6) is 11.5 Å². The Morgan fingerprint density at radius 3 is 2.54 bits per heavy atom. The normalized spacial score (nSPS) is 18.4. The largest absolute Gasteiger partial charge is 0.486 e. The molecule has 0 spiro atoms. The molecule has 24 heavy (non-hydrogen) atoms. The van der Waals surface area contributed by atoms with E-state index >= 15 is 0 Å². The number of sulfonamides is 1. The highest BCUT2D eigenvalue weighted by Gasteiger charge is 2.48. The standard InChI is InChI=1S/C17H19NO4S2/c1-2-13-4-6-16(23-13)24(19,20)18-17(7-8-17)12-3-5-14-15(11-12)22-10-9-21-14/h3-6,11,18H,2,7-10H2,1H3. The van der Waals surface area contributed by atoms with Crippen LogP contribution in [0.3, 0.4) is 0 Å². The van der Waals surface area contributed by atoms with E-state index in [9.17, 15) is 8.42 Å². The first-order valence-corrected chi connectivity index (χ1v) is 10.4. The van der Waals surface area contributed by atoms with Crippen LogP contribution in [-0.4, -0.2) is 21.6 Å². The number of rotatable bonds is 5. The Morgan fingerprint density at radius 1 is 1.12 bits per heavy atom. The summed E-state index contributed by atoms with van der Waals surface area (Å²) in [5.41, 5.74) is 0.410. The van der Waals surface area contributed by atoms with Gasteiger partial charge in [-0.05, 0) is 49.1 Å². The van der Waals surface area contributed by atoms with Crippen LogP contribution in [0.4, 0.5) is 0 Å². The number of ether oxygens (including phenoxy) is 2. The lowest BCUT2D eigenvalue weighted by Crippen LogP contribution is -2.34. The molecule has 2 heterocycles. The fourth-order valence-electron chi connectivity index (χ4n) is 2.92. The summed E-state index contributed by atoms with van der Waals surface area (Å²) >= 11 is 1.33. The monoisotopic (exact) mass is 365 g/mol. The first kappa shape index (κ1) is 15.9. The highest BCUT2D eigenvalue weighted by atomic mass is 32.2. The van der Waals surface area contributed by atoms with Gasteiger partial charge < -0.3 is 9.47 Å². The summed E-state index contributed by atoms with van der Waals surface area (Å²) in [6.07, 6.45) is 2.42. The van der Waals surface area contributed by atoms with E-state index in [1.54, 1.807) is 6.07 Å². The summed E-state index contributed by atoms with van der Waals surface area (Å²) in [6, 6.07) is 9.25. The van der Waals surface area contributed by atoms with Crippen molar-refractivity contribution in [1.82, 2.24) is 4.72 Å². The van der Waals surface area contributed by atoms with Crippen LogP contribution in [0.25, 0.3) is 0 Å². The molecule has 1 aromatic carbocycles. The molecule has 0 amide bonds. The molecule has 1 N–H and O–H groups in total. The van der Waals surface area contributed by atoms with Gasteiger partial charge in [0, 0.05) is 4.88 Å². The molecule has 2 aromatic rings. The minimum atomic E-state index is -3.52. The van der Waals surface area contributed by atoms with Gasteiger partial charge in [0.15, 0.2) is 11.5 Å². The topological polar surface area (TPSA) is 64.6 Å². The van der Waals surface area contributed by atoms with E-state index in [1.807, 2.05) is 31.2 Å². The van der Waals surface area contributed by atoms with Gasteiger partial charge in [-0.25, -0.2) is 8.42 Å². The maximum atomic E-state index is 12.7. The van der Waals surface area contributed by atoms with Gasteiger partial charge in [-0.3, -0.25) is 0 Å². The Labute approximate surface area is 145 Å². The van der Waals surface area contributed by atoms with Crippen LogP contribution >= 0.6 is 11.3 Å². The lowest BCUT2D eigenvalue weighted by Gasteiger charge is -2.22. The molecule has 1 fully saturated rings. The predicted octanol–water partition coefficient (Wildman–Crippen LogP) is 3.05.